The lowest BCUT2D eigenvalue weighted by Crippen LogP contribution is -2.38. The predicted molar refractivity (Wildman–Crippen MR) is 130 cm³/mol. The third-order valence-corrected chi connectivity index (χ3v) is 6.99. The Morgan fingerprint density at radius 2 is 1.67 bits per heavy atom. The van der Waals surface area contributed by atoms with Crippen LogP contribution in [0.1, 0.15) is 18.1 Å². The fourth-order valence-corrected chi connectivity index (χ4v) is 4.88. The molecule has 0 radical (unpaired) electrons. The maximum Gasteiger partial charge on any atom is 0.264 e. The standard InChI is InChI=1S/C25H28N2O5S/c1-5-19-8-6-7-9-23(19)27(33(29,30)21-13-10-18(2)11-14-21)17-25(28)26-22-16-20(31-3)12-15-24(22)32-4/h6-16H,5,17H2,1-4H3,(H,26,28). The number of carbonyl (C=O) groups excluding carboxylic acids is 1. The SMILES string of the molecule is CCc1ccccc1N(CC(=O)Nc1cc(OC)ccc1OC)S(=O)(=O)c1ccc(C)cc1. The van der Waals surface area contributed by atoms with Crippen molar-refractivity contribution in [2.45, 2.75) is 25.2 Å². The van der Waals surface area contributed by atoms with Crippen molar-refractivity contribution in [3.05, 3.63) is 77.9 Å². The third kappa shape index (κ3) is 5.46. The van der Waals surface area contributed by atoms with Crippen molar-refractivity contribution in [1.29, 1.82) is 0 Å². The molecule has 0 heterocycles. The number of sulfonamides is 1. The molecule has 8 heteroatoms. The molecule has 0 saturated carbocycles. The number of methoxy groups -OCH3 is 2. The fraction of sp³-hybridized carbons (Fsp3) is 0.240. The Labute approximate surface area is 195 Å². The molecule has 0 aliphatic carbocycles. The molecular formula is C25H28N2O5S. The largest absolute Gasteiger partial charge is 0.497 e. The van der Waals surface area contributed by atoms with E-state index in [0.29, 0.717) is 29.3 Å². The number of aryl methyl sites for hydroxylation is 2. The average molecular weight is 469 g/mol. The van der Waals surface area contributed by atoms with Crippen LogP contribution in [0.4, 0.5) is 11.4 Å². The number of rotatable bonds is 9. The summed E-state index contributed by atoms with van der Waals surface area (Å²) in [6.07, 6.45) is 0.613. The van der Waals surface area contributed by atoms with Crippen molar-refractivity contribution >= 4 is 27.3 Å². The van der Waals surface area contributed by atoms with Crippen LogP contribution in [0.5, 0.6) is 11.5 Å². The molecule has 0 unspecified atom stereocenters. The van der Waals surface area contributed by atoms with Gasteiger partial charge in [-0.15, -0.1) is 0 Å². The van der Waals surface area contributed by atoms with E-state index in [1.165, 1.54) is 14.2 Å². The van der Waals surface area contributed by atoms with Crippen molar-refractivity contribution in [2.24, 2.45) is 0 Å². The molecule has 0 saturated heterocycles. The number of nitrogens with zero attached hydrogens (tertiary/aromatic N) is 1. The van der Waals surface area contributed by atoms with E-state index in [0.717, 1.165) is 15.4 Å². The van der Waals surface area contributed by atoms with Gasteiger partial charge in [0.05, 0.1) is 30.5 Å². The number of para-hydroxylation sites is 1. The van der Waals surface area contributed by atoms with Crippen LogP contribution in [0.2, 0.25) is 0 Å². The number of hydrogen-bond acceptors (Lipinski definition) is 5. The van der Waals surface area contributed by atoms with Gasteiger partial charge in [0.1, 0.15) is 18.0 Å². The third-order valence-electron chi connectivity index (χ3n) is 5.22. The zero-order valence-corrected chi connectivity index (χ0v) is 20.0. The van der Waals surface area contributed by atoms with E-state index >= 15 is 0 Å². The summed E-state index contributed by atoms with van der Waals surface area (Å²) in [4.78, 5) is 13.2. The second kappa shape index (κ2) is 10.4. The Balaban J connectivity index is 2.00. The van der Waals surface area contributed by atoms with Gasteiger partial charge in [-0.3, -0.25) is 9.10 Å². The highest BCUT2D eigenvalue weighted by molar-refractivity contribution is 7.92. The lowest BCUT2D eigenvalue weighted by Gasteiger charge is -2.26. The highest BCUT2D eigenvalue weighted by Gasteiger charge is 2.29. The van der Waals surface area contributed by atoms with E-state index in [-0.39, 0.29) is 4.90 Å². The molecule has 1 N–H and O–H groups in total. The van der Waals surface area contributed by atoms with Crippen LogP contribution in [0.15, 0.2) is 71.6 Å². The van der Waals surface area contributed by atoms with Gasteiger partial charge in [0.2, 0.25) is 5.91 Å². The molecule has 0 fully saturated rings. The van der Waals surface area contributed by atoms with Crippen LogP contribution in [0.25, 0.3) is 0 Å². The Hall–Kier alpha value is -3.52. The number of ether oxygens (including phenoxy) is 2. The van der Waals surface area contributed by atoms with Gasteiger partial charge in [0, 0.05) is 6.07 Å². The number of amides is 1. The van der Waals surface area contributed by atoms with Crippen molar-refractivity contribution in [2.75, 3.05) is 30.4 Å². The van der Waals surface area contributed by atoms with Gasteiger partial charge in [0.15, 0.2) is 0 Å². The van der Waals surface area contributed by atoms with Crippen LogP contribution < -0.4 is 19.1 Å². The summed E-state index contributed by atoms with van der Waals surface area (Å²) in [5.74, 6) is 0.459. The zero-order chi connectivity index (χ0) is 24.0. The normalized spacial score (nSPS) is 11.0. The van der Waals surface area contributed by atoms with Gasteiger partial charge >= 0.3 is 0 Å². The summed E-state index contributed by atoms with van der Waals surface area (Å²) in [6.45, 7) is 3.42. The van der Waals surface area contributed by atoms with Crippen LogP contribution in [0.3, 0.4) is 0 Å². The monoisotopic (exact) mass is 468 g/mol. The minimum atomic E-state index is -4.00. The smallest absolute Gasteiger partial charge is 0.264 e. The summed E-state index contributed by atoms with van der Waals surface area (Å²) in [5.41, 5.74) is 2.61. The number of hydrogen-bond donors (Lipinski definition) is 1. The second-order valence-electron chi connectivity index (χ2n) is 7.42. The highest BCUT2D eigenvalue weighted by atomic mass is 32.2. The van der Waals surface area contributed by atoms with E-state index < -0.39 is 22.5 Å². The van der Waals surface area contributed by atoms with Gasteiger partial charge in [0.25, 0.3) is 10.0 Å². The molecule has 174 valence electrons. The topological polar surface area (TPSA) is 84.9 Å². The lowest BCUT2D eigenvalue weighted by atomic mass is 10.1. The van der Waals surface area contributed by atoms with Gasteiger partial charge in [-0.05, 0) is 49.2 Å². The molecule has 0 aromatic heterocycles. The summed E-state index contributed by atoms with van der Waals surface area (Å²) >= 11 is 0. The molecule has 0 aliphatic rings. The number of benzene rings is 3. The molecule has 0 atom stereocenters. The number of anilines is 2. The zero-order valence-electron chi connectivity index (χ0n) is 19.2. The lowest BCUT2D eigenvalue weighted by molar-refractivity contribution is -0.114. The Bertz CT molecular complexity index is 1220. The van der Waals surface area contributed by atoms with Crippen molar-refractivity contribution in [1.82, 2.24) is 0 Å². The van der Waals surface area contributed by atoms with E-state index in [1.54, 1.807) is 54.6 Å². The second-order valence-corrected chi connectivity index (χ2v) is 9.28. The predicted octanol–water partition coefficient (Wildman–Crippen LogP) is 4.41. The molecule has 0 bridgehead atoms. The summed E-state index contributed by atoms with van der Waals surface area (Å²) < 4.78 is 38.9. The molecule has 3 aromatic rings. The minimum absolute atomic E-state index is 0.116. The first-order valence-corrected chi connectivity index (χ1v) is 11.9. The maximum absolute atomic E-state index is 13.6. The van der Waals surface area contributed by atoms with Crippen molar-refractivity contribution in [3.63, 3.8) is 0 Å². The first-order chi connectivity index (χ1) is 15.8. The molecule has 7 nitrogen and oxygen atoms in total. The highest BCUT2D eigenvalue weighted by Crippen LogP contribution is 2.30. The first-order valence-electron chi connectivity index (χ1n) is 10.5. The van der Waals surface area contributed by atoms with Crippen molar-refractivity contribution < 1.29 is 22.7 Å². The molecule has 3 aromatic carbocycles. The summed E-state index contributed by atoms with van der Waals surface area (Å²) in [7, 11) is -0.995. The van der Waals surface area contributed by atoms with E-state index in [4.69, 9.17) is 9.47 Å². The van der Waals surface area contributed by atoms with Crippen LogP contribution in [-0.2, 0) is 21.2 Å². The van der Waals surface area contributed by atoms with Gasteiger partial charge in [-0.2, -0.15) is 0 Å². The summed E-state index contributed by atoms with van der Waals surface area (Å²) in [6, 6.07) is 18.7. The van der Waals surface area contributed by atoms with E-state index in [9.17, 15) is 13.2 Å². The quantitative estimate of drug-likeness (QED) is 0.503. The van der Waals surface area contributed by atoms with Crippen LogP contribution in [0, 0.1) is 6.92 Å². The summed E-state index contributed by atoms with van der Waals surface area (Å²) in [5, 5.41) is 2.76. The van der Waals surface area contributed by atoms with Crippen LogP contribution in [-0.4, -0.2) is 35.1 Å². The van der Waals surface area contributed by atoms with Crippen molar-refractivity contribution in [3.8, 4) is 11.5 Å². The van der Waals surface area contributed by atoms with E-state index in [2.05, 4.69) is 5.32 Å². The van der Waals surface area contributed by atoms with Gasteiger partial charge in [-0.25, -0.2) is 8.42 Å². The molecule has 3 rings (SSSR count). The molecule has 1 amide bonds. The maximum atomic E-state index is 13.6. The number of carbonyl (C=O) groups is 1. The van der Waals surface area contributed by atoms with Crippen LogP contribution >= 0.6 is 0 Å². The average Bonchev–Trinajstić information content (AvgIpc) is 2.82. The Morgan fingerprint density at radius 3 is 2.30 bits per heavy atom. The van der Waals surface area contributed by atoms with Gasteiger partial charge in [-0.1, -0.05) is 42.8 Å². The molecule has 33 heavy (non-hydrogen) atoms. The molecular weight excluding hydrogens is 440 g/mol. The Morgan fingerprint density at radius 1 is 0.970 bits per heavy atom. The Kier molecular flexibility index (Phi) is 7.60. The molecule has 0 aliphatic heterocycles. The minimum Gasteiger partial charge on any atom is -0.497 e. The molecule has 0 spiro atoms. The fourth-order valence-electron chi connectivity index (χ4n) is 3.42. The van der Waals surface area contributed by atoms with Gasteiger partial charge < -0.3 is 14.8 Å². The van der Waals surface area contributed by atoms with E-state index in [1.807, 2.05) is 26.0 Å². The first kappa shape index (κ1) is 24.1. The number of nitrogens with one attached hydrogen (secondary N) is 1.